The van der Waals surface area contributed by atoms with Gasteiger partial charge in [-0.25, -0.2) is 4.68 Å². The number of ether oxygens (including phenoxy) is 1. The van der Waals surface area contributed by atoms with Crippen molar-refractivity contribution in [3.8, 4) is 5.75 Å². The van der Waals surface area contributed by atoms with Crippen molar-refractivity contribution in [3.63, 3.8) is 0 Å². The van der Waals surface area contributed by atoms with Gasteiger partial charge in [0.2, 0.25) is 4.77 Å². The van der Waals surface area contributed by atoms with Gasteiger partial charge in [-0.2, -0.15) is 5.10 Å². The molecule has 23 heavy (non-hydrogen) atoms. The second kappa shape index (κ2) is 7.30. The highest BCUT2D eigenvalue weighted by Gasteiger charge is 2.04. The maximum atomic E-state index is 5.99. The van der Waals surface area contributed by atoms with Crippen molar-refractivity contribution >= 4 is 23.8 Å². The summed E-state index contributed by atoms with van der Waals surface area (Å²) in [6.45, 7) is 1.03. The summed E-state index contributed by atoms with van der Waals surface area (Å²) in [5, 5.41) is 7.27. The molecule has 0 amide bonds. The van der Waals surface area contributed by atoms with E-state index in [1.807, 2.05) is 48.5 Å². The van der Waals surface area contributed by atoms with Crippen molar-refractivity contribution in [2.45, 2.75) is 13.2 Å². The summed E-state index contributed by atoms with van der Waals surface area (Å²) < 4.78 is 8.09. The molecule has 7 heteroatoms. The molecule has 2 aromatic carbocycles. The molecule has 118 valence electrons. The summed E-state index contributed by atoms with van der Waals surface area (Å²) in [6.07, 6.45) is 1.60. The highest BCUT2D eigenvalue weighted by atomic mass is 35.5. The molecular weight excluding hydrogens is 332 g/mol. The summed E-state index contributed by atoms with van der Waals surface area (Å²) in [6, 6.07) is 15.5. The lowest BCUT2D eigenvalue weighted by atomic mass is 10.2. The van der Waals surface area contributed by atoms with Crippen LogP contribution >= 0.6 is 23.8 Å². The first-order valence-corrected chi connectivity index (χ1v) is 7.82. The van der Waals surface area contributed by atoms with E-state index >= 15 is 0 Å². The first kappa shape index (κ1) is 15.6. The number of H-pyrrole nitrogens is 1. The molecule has 0 spiro atoms. The van der Waals surface area contributed by atoms with Gasteiger partial charge in [-0.1, -0.05) is 41.9 Å². The number of nitrogens with zero attached hydrogens (tertiary/aromatic N) is 2. The Bertz CT molecular complexity index is 846. The SMILES string of the molecule is S=c1[nH]ncn1NCc1ccccc1OCc1cccc(Cl)c1. The van der Waals surface area contributed by atoms with Crippen LogP contribution in [0.4, 0.5) is 0 Å². The average Bonchev–Trinajstić information content (AvgIpc) is 2.97. The molecule has 0 unspecified atom stereocenters. The number of halogens is 1. The maximum Gasteiger partial charge on any atom is 0.214 e. The molecule has 0 fully saturated rings. The van der Waals surface area contributed by atoms with Crippen molar-refractivity contribution in [1.82, 2.24) is 14.9 Å². The molecule has 5 nitrogen and oxygen atoms in total. The fourth-order valence-electron chi connectivity index (χ4n) is 2.11. The summed E-state index contributed by atoms with van der Waals surface area (Å²) >= 11 is 11.1. The minimum Gasteiger partial charge on any atom is -0.489 e. The highest BCUT2D eigenvalue weighted by molar-refractivity contribution is 7.71. The Balaban J connectivity index is 1.68. The molecule has 0 atom stereocenters. The molecule has 1 heterocycles. The van der Waals surface area contributed by atoms with Gasteiger partial charge in [-0.15, -0.1) is 0 Å². The zero-order valence-electron chi connectivity index (χ0n) is 12.2. The normalized spacial score (nSPS) is 10.5. The standard InChI is InChI=1S/C16H15ClN4OS/c17-14-6-3-4-12(8-14)10-22-15-7-2-1-5-13(15)9-19-21-11-18-20-16(21)23/h1-8,11,19H,9-10H2,(H,20,23). The van der Waals surface area contributed by atoms with Gasteiger partial charge in [0.15, 0.2) is 0 Å². The van der Waals surface area contributed by atoms with Gasteiger partial charge in [0, 0.05) is 10.6 Å². The summed E-state index contributed by atoms with van der Waals surface area (Å²) in [5.41, 5.74) is 5.23. The molecule has 0 aliphatic rings. The van der Waals surface area contributed by atoms with E-state index in [-0.39, 0.29) is 0 Å². The molecule has 1 aromatic heterocycles. The lowest BCUT2D eigenvalue weighted by Crippen LogP contribution is -2.14. The number of hydrogen-bond donors (Lipinski definition) is 2. The Morgan fingerprint density at radius 3 is 2.87 bits per heavy atom. The Labute approximate surface area is 143 Å². The number of benzene rings is 2. The van der Waals surface area contributed by atoms with Gasteiger partial charge in [-0.3, -0.25) is 5.10 Å². The van der Waals surface area contributed by atoms with Crippen molar-refractivity contribution < 1.29 is 4.74 Å². The Morgan fingerprint density at radius 2 is 2.09 bits per heavy atom. The fourth-order valence-corrected chi connectivity index (χ4v) is 2.49. The monoisotopic (exact) mass is 346 g/mol. The van der Waals surface area contributed by atoms with Crippen LogP contribution in [-0.4, -0.2) is 14.9 Å². The lowest BCUT2D eigenvalue weighted by molar-refractivity contribution is 0.303. The van der Waals surface area contributed by atoms with Crippen LogP contribution in [0.3, 0.4) is 0 Å². The van der Waals surface area contributed by atoms with Gasteiger partial charge in [0.25, 0.3) is 0 Å². The van der Waals surface area contributed by atoms with E-state index in [1.54, 1.807) is 11.0 Å². The van der Waals surface area contributed by atoms with Gasteiger partial charge >= 0.3 is 0 Å². The minimum absolute atomic E-state index is 0.461. The molecule has 0 aliphatic heterocycles. The Kier molecular flexibility index (Phi) is 4.95. The third-order valence-corrected chi connectivity index (χ3v) is 3.77. The fraction of sp³-hybridized carbons (Fsp3) is 0.125. The predicted molar refractivity (Wildman–Crippen MR) is 92.7 cm³/mol. The quantitative estimate of drug-likeness (QED) is 0.664. The van der Waals surface area contributed by atoms with Gasteiger partial charge < -0.3 is 10.2 Å². The van der Waals surface area contributed by atoms with Gasteiger partial charge in [0.1, 0.15) is 18.7 Å². The molecule has 2 N–H and O–H groups in total. The first-order chi connectivity index (χ1) is 11.2. The number of aromatic nitrogens is 3. The van der Waals surface area contributed by atoms with Crippen LogP contribution in [0.5, 0.6) is 5.75 Å². The smallest absolute Gasteiger partial charge is 0.214 e. The topological polar surface area (TPSA) is 54.9 Å². The van der Waals surface area contributed by atoms with E-state index in [1.165, 1.54) is 0 Å². The van der Waals surface area contributed by atoms with E-state index in [0.29, 0.717) is 22.9 Å². The highest BCUT2D eigenvalue weighted by Crippen LogP contribution is 2.20. The second-order valence-corrected chi connectivity index (χ2v) is 5.72. The molecular formula is C16H15ClN4OS. The van der Waals surface area contributed by atoms with Crippen molar-refractivity contribution in [2.24, 2.45) is 0 Å². The average molecular weight is 347 g/mol. The third kappa shape index (κ3) is 4.12. The van der Waals surface area contributed by atoms with Crippen molar-refractivity contribution in [3.05, 3.63) is 75.8 Å². The predicted octanol–water partition coefficient (Wildman–Crippen LogP) is 3.92. The molecule has 3 rings (SSSR count). The summed E-state index contributed by atoms with van der Waals surface area (Å²) in [4.78, 5) is 0. The molecule has 0 aliphatic carbocycles. The summed E-state index contributed by atoms with van der Waals surface area (Å²) in [5.74, 6) is 0.815. The van der Waals surface area contributed by atoms with Crippen LogP contribution in [0.15, 0.2) is 54.9 Å². The zero-order chi connectivity index (χ0) is 16.1. The number of hydrogen-bond acceptors (Lipinski definition) is 4. The van der Waals surface area contributed by atoms with Crippen LogP contribution in [0, 0.1) is 4.77 Å². The molecule has 0 saturated heterocycles. The van der Waals surface area contributed by atoms with E-state index in [0.717, 1.165) is 16.9 Å². The zero-order valence-corrected chi connectivity index (χ0v) is 13.8. The maximum absolute atomic E-state index is 5.99. The minimum atomic E-state index is 0.461. The van der Waals surface area contributed by atoms with E-state index < -0.39 is 0 Å². The Morgan fingerprint density at radius 1 is 1.22 bits per heavy atom. The van der Waals surface area contributed by atoms with E-state index in [2.05, 4.69) is 15.6 Å². The molecule has 3 aromatic rings. The molecule has 0 bridgehead atoms. The molecule has 0 saturated carbocycles. The van der Waals surface area contributed by atoms with Crippen LogP contribution in [0.25, 0.3) is 0 Å². The van der Waals surface area contributed by atoms with Crippen LogP contribution in [-0.2, 0) is 13.2 Å². The second-order valence-electron chi connectivity index (χ2n) is 4.89. The van der Waals surface area contributed by atoms with Crippen LogP contribution in [0.1, 0.15) is 11.1 Å². The van der Waals surface area contributed by atoms with E-state index in [9.17, 15) is 0 Å². The van der Waals surface area contributed by atoms with Crippen LogP contribution < -0.4 is 10.2 Å². The number of nitrogens with one attached hydrogen (secondary N) is 2. The third-order valence-electron chi connectivity index (χ3n) is 3.25. The Hall–Kier alpha value is -2.31. The summed E-state index contributed by atoms with van der Waals surface area (Å²) in [7, 11) is 0. The van der Waals surface area contributed by atoms with Crippen molar-refractivity contribution in [2.75, 3.05) is 5.43 Å². The lowest BCUT2D eigenvalue weighted by Gasteiger charge is -2.13. The number of para-hydroxylation sites is 1. The van der Waals surface area contributed by atoms with Gasteiger partial charge in [-0.05, 0) is 36.0 Å². The largest absolute Gasteiger partial charge is 0.489 e. The number of rotatable bonds is 6. The first-order valence-electron chi connectivity index (χ1n) is 7.03. The number of aromatic amines is 1. The van der Waals surface area contributed by atoms with Gasteiger partial charge in [0.05, 0.1) is 6.54 Å². The van der Waals surface area contributed by atoms with E-state index in [4.69, 9.17) is 28.6 Å². The molecule has 0 radical (unpaired) electrons. The van der Waals surface area contributed by atoms with Crippen LogP contribution in [0.2, 0.25) is 5.02 Å². The van der Waals surface area contributed by atoms with Crippen molar-refractivity contribution in [1.29, 1.82) is 0 Å².